The third-order valence-corrected chi connectivity index (χ3v) is 3.36. The van der Waals surface area contributed by atoms with Gasteiger partial charge in [-0.2, -0.15) is 0 Å². The second kappa shape index (κ2) is 4.69. The Morgan fingerprint density at radius 3 is 2.75 bits per heavy atom. The first-order valence-corrected chi connectivity index (χ1v) is 5.82. The van der Waals surface area contributed by atoms with E-state index in [0.717, 1.165) is 19.5 Å². The van der Waals surface area contributed by atoms with Crippen LogP contribution in [0.15, 0.2) is 0 Å². The second-order valence-electron chi connectivity index (χ2n) is 4.80. The summed E-state index contributed by atoms with van der Waals surface area (Å²) >= 11 is 0. The summed E-state index contributed by atoms with van der Waals surface area (Å²) in [5.41, 5.74) is 0. The van der Waals surface area contributed by atoms with E-state index in [0.29, 0.717) is 12.0 Å². The van der Waals surface area contributed by atoms with Crippen molar-refractivity contribution in [2.24, 2.45) is 5.92 Å². The Balaban J connectivity index is 1.85. The van der Waals surface area contributed by atoms with E-state index in [1.165, 1.54) is 0 Å². The minimum Gasteiger partial charge on any atom is -0.479 e. The molecule has 2 saturated heterocycles. The van der Waals surface area contributed by atoms with Crippen LogP contribution in [0.1, 0.15) is 20.3 Å². The molecular formula is C11H19NO4. The molecule has 0 aliphatic carbocycles. The van der Waals surface area contributed by atoms with Gasteiger partial charge >= 0.3 is 5.97 Å². The number of nitrogens with zero attached hydrogens (tertiary/aromatic N) is 1. The molecule has 2 rings (SSSR count). The lowest BCUT2D eigenvalue weighted by Crippen LogP contribution is -2.31. The highest BCUT2D eigenvalue weighted by atomic mass is 16.7. The summed E-state index contributed by atoms with van der Waals surface area (Å²) in [5.74, 6) is -0.618. The van der Waals surface area contributed by atoms with Gasteiger partial charge in [0.1, 0.15) is 0 Å². The van der Waals surface area contributed by atoms with Gasteiger partial charge in [0, 0.05) is 18.5 Å². The summed E-state index contributed by atoms with van der Waals surface area (Å²) in [6.45, 7) is 6.49. The molecule has 0 aromatic rings. The largest absolute Gasteiger partial charge is 0.479 e. The SMILES string of the molecule is CC(C)N1CCC(C2OCC(C(=O)O)O2)C1. The quantitative estimate of drug-likeness (QED) is 0.765. The molecule has 1 N–H and O–H groups in total. The minimum atomic E-state index is -0.929. The minimum absolute atomic E-state index is 0.179. The van der Waals surface area contributed by atoms with Gasteiger partial charge in [-0.15, -0.1) is 0 Å². The molecule has 0 aromatic carbocycles. The number of carboxylic acid groups (broad SMARTS) is 1. The van der Waals surface area contributed by atoms with E-state index in [1.54, 1.807) is 0 Å². The van der Waals surface area contributed by atoms with Gasteiger partial charge in [0.2, 0.25) is 0 Å². The van der Waals surface area contributed by atoms with Crippen molar-refractivity contribution in [3.05, 3.63) is 0 Å². The molecule has 2 aliphatic rings. The van der Waals surface area contributed by atoms with E-state index < -0.39 is 12.1 Å². The molecule has 5 heteroatoms. The van der Waals surface area contributed by atoms with Crippen molar-refractivity contribution in [3.63, 3.8) is 0 Å². The number of ether oxygens (including phenoxy) is 2. The van der Waals surface area contributed by atoms with Crippen LogP contribution in [0.3, 0.4) is 0 Å². The van der Waals surface area contributed by atoms with E-state index in [9.17, 15) is 4.79 Å². The Morgan fingerprint density at radius 1 is 1.50 bits per heavy atom. The summed E-state index contributed by atoms with van der Waals surface area (Å²) in [7, 11) is 0. The fourth-order valence-corrected chi connectivity index (χ4v) is 2.31. The predicted octanol–water partition coefficient (Wildman–Crippen LogP) is 0.543. The summed E-state index contributed by atoms with van der Waals surface area (Å²) in [5, 5.41) is 8.80. The number of hydrogen-bond donors (Lipinski definition) is 1. The van der Waals surface area contributed by atoms with Crippen molar-refractivity contribution < 1.29 is 19.4 Å². The van der Waals surface area contributed by atoms with Crippen LogP contribution in [0.4, 0.5) is 0 Å². The molecule has 2 heterocycles. The van der Waals surface area contributed by atoms with Gasteiger partial charge < -0.3 is 19.5 Å². The molecule has 0 bridgehead atoms. The summed E-state index contributed by atoms with van der Waals surface area (Å²) in [6, 6.07) is 0.529. The van der Waals surface area contributed by atoms with Gasteiger partial charge in [-0.25, -0.2) is 4.79 Å². The van der Waals surface area contributed by atoms with Crippen molar-refractivity contribution in [2.45, 2.75) is 38.7 Å². The third kappa shape index (κ3) is 2.36. The second-order valence-corrected chi connectivity index (χ2v) is 4.80. The lowest BCUT2D eigenvalue weighted by atomic mass is 10.1. The molecular weight excluding hydrogens is 210 g/mol. The number of likely N-dealkylation sites (tertiary alicyclic amines) is 1. The monoisotopic (exact) mass is 229 g/mol. The van der Waals surface area contributed by atoms with Crippen LogP contribution in [-0.4, -0.2) is 54.1 Å². The molecule has 3 unspecified atom stereocenters. The van der Waals surface area contributed by atoms with Crippen LogP contribution >= 0.6 is 0 Å². The highest BCUT2D eigenvalue weighted by Gasteiger charge is 2.39. The number of hydrogen-bond acceptors (Lipinski definition) is 4. The van der Waals surface area contributed by atoms with Crippen LogP contribution in [0.25, 0.3) is 0 Å². The third-order valence-electron chi connectivity index (χ3n) is 3.36. The molecule has 2 fully saturated rings. The standard InChI is InChI=1S/C11H19NO4/c1-7(2)12-4-3-8(5-12)11-15-6-9(16-11)10(13)14/h7-9,11H,3-6H2,1-2H3,(H,13,14). The molecule has 0 spiro atoms. The molecule has 5 nitrogen and oxygen atoms in total. The Hall–Kier alpha value is -0.650. The summed E-state index contributed by atoms with van der Waals surface area (Å²) in [4.78, 5) is 13.1. The van der Waals surface area contributed by atoms with E-state index in [4.69, 9.17) is 14.6 Å². The van der Waals surface area contributed by atoms with Gasteiger partial charge in [-0.3, -0.25) is 0 Å². The van der Waals surface area contributed by atoms with Crippen LogP contribution in [0, 0.1) is 5.92 Å². The zero-order chi connectivity index (χ0) is 11.7. The Labute approximate surface area is 95.3 Å². The molecule has 0 amide bonds. The van der Waals surface area contributed by atoms with Gasteiger partial charge in [0.15, 0.2) is 12.4 Å². The molecule has 2 aliphatic heterocycles. The predicted molar refractivity (Wildman–Crippen MR) is 57.1 cm³/mol. The molecule has 3 atom stereocenters. The lowest BCUT2D eigenvalue weighted by molar-refractivity contribution is -0.153. The van der Waals surface area contributed by atoms with E-state index >= 15 is 0 Å². The maximum atomic E-state index is 10.7. The van der Waals surface area contributed by atoms with E-state index in [1.807, 2.05) is 0 Å². The van der Waals surface area contributed by atoms with Gasteiger partial charge in [0.05, 0.1) is 6.61 Å². The topological polar surface area (TPSA) is 59.0 Å². The molecule has 16 heavy (non-hydrogen) atoms. The first-order valence-electron chi connectivity index (χ1n) is 5.82. The van der Waals surface area contributed by atoms with Crippen molar-refractivity contribution in [2.75, 3.05) is 19.7 Å². The fourth-order valence-electron chi connectivity index (χ4n) is 2.31. The fraction of sp³-hybridized carbons (Fsp3) is 0.909. The molecule has 0 radical (unpaired) electrons. The average molecular weight is 229 g/mol. The summed E-state index contributed by atoms with van der Waals surface area (Å²) < 4.78 is 10.8. The van der Waals surface area contributed by atoms with Crippen molar-refractivity contribution in [1.82, 2.24) is 4.90 Å². The molecule has 92 valence electrons. The maximum absolute atomic E-state index is 10.7. The maximum Gasteiger partial charge on any atom is 0.335 e. The van der Waals surface area contributed by atoms with Crippen LogP contribution in [0.2, 0.25) is 0 Å². The zero-order valence-corrected chi connectivity index (χ0v) is 9.76. The smallest absolute Gasteiger partial charge is 0.335 e. The highest BCUT2D eigenvalue weighted by molar-refractivity contribution is 5.72. The number of aliphatic carboxylic acids is 1. The summed E-state index contributed by atoms with van der Waals surface area (Å²) in [6.07, 6.45) is -0.0854. The normalized spacial score (nSPS) is 36.1. The van der Waals surface area contributed by atoms with Crippen LogP contribution < -0.4 is 0 Å². The van der Waals surface area contributed by atoms with Crippen LogP contribution in [-0.2, 0) is 14.3 Å². The number of carboxylic acids is 1. The van der Waals surface area contributed by atoms with Crippen molar-refractivity contribution in [1.29, 1.82) is 0 Å². The Bertz CT molecular complexity index is 269. The zero-order valence-electron chi connectivity index (χ0n) is 9.76. The van der Waals surface area contributed by atoms with Crippen LogP contribution in [0.5, 0.6) is 0 Å². The molecule has 0 aromatic heterocycles. The van der Waals surface area contributed by atoms with Gasteiger partial charge in [0.25, 0.3) is 0 Å². The van der Waals surface area contributed by atoms with Gasteiger partial charge in [-0.05, 0) is 26.8 Å². The van der Waals surface area contributed by atoms with E-state index in [2.05, 4.69) is 18.7 Å². The van der Waals surface area contributed by atoms with Crippen molar-refractivity contribution >= 4 is 5.97 Å². The Kier molecular flexibility index (Phi) is 3.47. The average Bonchev–Trinajstić information content (AvgIpc) is 2.86. The Morgan fingerprint density at radius 2 is 2.25 bits per heavy atom. The molecule has 0 saturated carbocycles. The number of rotatable bonds is 3. The lowest BCUT2D eigenvalue weighted by Gasteiger charge is -2.22. The van der Waals surface area contributed by atoms with E-state index in [-0.39, 0.29) is 12.9 Å². The highest BCUT2D eigenvalue weighted by Crippen LogP contribution is 2.28. The first kappa shape index (κ1) is 11.8. The van der Waals surface area contributed by atoms with Gasteiger partial charge in [-0.1, -0.05) is 0 Å². The first-order chi connectivity index (χ1) is 7.58. The number of carbonyl (C=O) groups is 1. The van der Waals surface area contributed by atoms with Crippen molar-refractivity contribution in [3.8, 4) is 0 Å².